The lowest BCUT2D eigenvalue weighted by molar-refractivity contribution is -0.157. The summed E-state index contributed by atoms with van der Waals surface area (Å²) >= 11 is 0. The van der Waals surface area contributed by atoms with Gasteiger partial charge in [0.15, 0.2) is 11.4 Å². The number of rotatable bonds is 4. The number of halogens is 2. The Labute approximate surface area is 206 Å². The number of fused-ring (bicyclic) bond motifs is 2. The zero-order valence-electron chi connectivity index (χ0n) is 20.1. The van der Waals surface area contributed by atoms with Gasteiger partial charge < -0.3 is 19.1 Å². The third-order valence-electron chi connectivity index (χ3n) is 7.79. The Hall–Kier alpha value is -3.30. The van der Waals surface area contributed by atoms with Gasteiger partial charge in [0.25, 0.3) is 0 Å². The van der Waals surface area contributed by atoms with Crippen LogP contribution in [0.4, 0.5) is 8.78 Å². The summed E-state index contributed by atoms with van der Waals surface area (Å²) in [4.78, 5) is 12.0. The van der Waals surface area contributed by atoms with E-state index in [2.05, 4.69) is 10.2 Å². The molecule has 36 heavy (non-hydrogen) atoms. The summed E-state index contributed by atoms with van der Waals surface area (Å²) in [5.41, 5.74) is 2.49. The van der Waals surface area contributed by atoms with E-state index in [1.165, 1.54) is 6.07 Å². The highest BCUT2D eigenvalue weighted by Gasteiger charge is 2.46. The molecule has 2 aliphatic rings. The molecular formula is C27H27F2N3O4. The van der Waals surface area contributed by atoms with Gasteiger partial charge in [0.1, 0.15) is 11.3 Å². The standard InChI is InChI=1S/C27H27F2N3O4/c1-14-9-18(3-4-19(14)28)32-20-10-16-12-30-31-24(16)23(29)22(20)21(25(32)15-5-7-35-8-6-15)17-11-27(2,26(33)34)36-13-17/h3-4,9-10,12,15,17H,5-8,11,13H2,1-2H3,(H,30,31)(H,33,34)/t17?,27-/m0/s1. The molecule has 4 heterocycles. The Bertz CT molecular complexity index is 1500. The fourth-order valence-electron chi connectivity index (χ4n) is 5.89. The van der Waals surface area contributed by atoms with Gasteiger partial charge in [0, 0.05) is 47.2 Å². The van der Waals surface area contributed by atoms with Crippen molar-refractivity contribution in [2.24, 2.45) is 0 Å². The van der Waals surface area contributed by atoms with Crippen LogP contribution in [-0.4, -0.2) is 51.3 Å². The molecule has 0 spiro atoms. The number of carbonyl (C=O) groups is 1. The van der Waals surface area contributed by atoms with Crippen molar-refractivity contribution in [1.29, 1.82) is 0 Å². The zero-order valence-corrected chi connectivity index (χ0v) is 20.1. The Kier molecular flexibility index (Phi) is 5.38. The van der Waals surface area contributed by atoms with Gasteiger partial charge in [-0.2, -0.15) is 5.10 Å². The summed E-state index contributed by atoms with van der Waals surface area (Å²) < 4.78 is 44.0. The number of carboxylic acids is 1. The van der Waals surface area contributed by atoms with E-state index >= 15 is 4.39 Å². The zero-order chi connectivity index (χ0) is 25.2. The van der Waals surface area contributed by atoms with Crippen molar-refractivity contribution in [2.75, 3.05) is 19.8 Å². The number of ether oxygens (including phenoxy) is 2. The van der Waals surface area contributed by atoms with Gasteiger partial charge in [0.05, 0.1) is 18.3 Å². The van der Waals surface area contributed by atoms with Crippen LogP contribution >= 0.6 is 0 Å². The maximum Gasteiger partial charge on any atom is 0.335 e. The molecule has 7 nitrogen and oxygen atoms in total. The Morgan fingerprint density at radius 1 is 1.22 bits per heavy atom. The smallest absolute Gasteiger partial charge is 0.335 e. The number of aromatic nitrogens is 3. The Morgan fingerprint density at radius 2 is 2.00 bits per heavy atom. The van der Waals surface area contributed by atoms with E-state index in [1.54, 1.807) is 32.2 Å². The minimum atomic E-state index is -1.35. The van der Waals surface area contributed by atoms with E-state index in [0.29, 0.717) is 40.6 Å². The van der Waals surface area contributed by atoms with Gasteiger partial charge in [-0.15, -0.1) is 0 Å². The summed E-state index contributed by atoms with van der Waals surface area (Å²) in [5, 5.41) is 17.7. The van der Waals surface area contributed by atoms with Gasteiger partial charge in [-0.3, -0.25) is 5.10 Å². The van der Waals surface area contributed by atoms with Crippen molar-refractivity contribution in [1.82, 2.24) is 14.8 Å². The second kappa shape index (κ2) is 8.38. The summed E-state index contributed by atoms with van der Waals surface area (Å²) in [7, 11) is 0. The van der Waals surface area contributed by atoms with Crippen molar-refractivity contribution >= 4 is 27.8 Å². The molecule has 0 bridgehead atoms. The topological polar surface area (TPSA) is 89.4 Å². The largest absolute Gasteiger partial charge is 0.479 e. The molecule has 2 saturated heterocycles. The summed E-state index contributed by atoms with van der Waals surface area (Å²) in [6, 6.07) is 6.80. The number of hydrogen-bond donors (Lipinski definition) is 2. The third kappa shape index (κ3) is 3.44. The lowest BCUT2D eigenvalue weighted by Gasteiger charge is -2.27. The molecule has 2 aliphatic heterocycles. The van der Waals surface area contributed by atoms with Gasteiger partial charge in [-0.1, -0.05) is 0 Å². The highest BCUT2D eigenvalue weighted by atomic mass is 19.1. The van der Waals surface area contributed by atoms with Gasteiger partial charge in [0.2, 0.25) is 0 Å². The predicted octanol–water partition coefficient (Wildman–Crippen LogP) is 5.33. The molecule has 0 aliphatic carbocycles. The molecule has 188 valence electrons. The number of benzene rings is 2. The summed E-state index contributed by atoms with van der Waals surface area (Å²) in [6.45, 7) is 4.60. The number of aliphatic carboxylic acids is 1. The van der Waals surface area contributed by atoms with Crippen molar-refractivity contribution in [3.05, 3.63) is 58.9 Å². The van der Waals surface area contributed by atoms with Crippen LogP contribution in [0.2, 0.25) is 0 Å². The molecular weight excluding hydrogens is 468 g/mol. The van der Waals surface area contributed by atoms with Crippen molar-refractivity contribution in [2.45, 2.75) is 50.5 Å². The first-order chi connectivity index (χ1) is 17.3. The molecule has 2 atom stereocenters. The second-order valence-corrected chi connectivity index (χ2v) is 10.1. The highest BCUT2D eigenvalue weighted by Crippen LogP contribution is 2.48. The number of carboxylic acid groups (broad SMARTS) is 1. The van der Waals surface area contributed by atoms with Crippen molar-refractivity contribution < 1.29 is 28.2 Å². The number of aryl methyl sites for hydroxylation is 1. The predicted molar refractivity (Wildman–Crippen MR) is 130 cm³/mol. The number of H-pyrrole nitrogens is 1. The Morgan fingerprint density at radius 3 is 2.69 bits per heavy atom. The highest BCUT2D eigenvalue weighted by molar-refractivity contribution is 6.00. The quantitative estimate of drug-likeness (QED) is 0.399. The van der Waals surface area contributed by atoms with Crippen molar-refractivity contribution in [3.8, 4) is 5.69 Å². The van der Waals surface area contributed by atoms with Crippen LogP contribution < -0.4 is 0 Å². The van der Waals surface area contributed by atoms with Crippen LogP contribution in [-0.2, 0) is 14.3 Å². The molecule has 2 aromatic heterocycles. The van der Waals surface area contributed by atoms with E-state index in [4.69, 9.17) is 9.47 Å². The monoisotopic (exact) mass is 495 g/mol. The molecule has 2 fully saturated rings. The molecule has 2 N–H and O–H groups in total. The SMILES string of the molecule is Cc1cc(-n2c(C3CCOCC3)c(C3CO[C@](C)(C(=O)O)C3)c3c(F)c4[nH]ncc4cc32)ccc1F. The first-order valence-corrected chi connectivity index (χ1v) is 12.2. The molecule has 1 unspecified atom stereocenters. The van der Waals surface area contributed by atoms with Crippen LogP contribution in [0.25, 0.3) is 27.5 Å². The maximum atomic E-state index is 16.3. The number of hydrogen-bond acceptors (Lipinski definition) is 4. The van der Waals surface area contributed by atoms with Crippen LogP contribution in [0.5, 0.6) is 0 Å². The fourth-order valence-corrected chi connectivity index (χ4v) is 5.89. The lowest BCUT2D eigenvalue weighted by Crippen LogP contribution is -2.34. The van der Waals surface area contributed by atoms with Gasteiger partial charge >= 0.3 is 5.97 Å². The lowest BCUT2D eigenvalue weighted by atomic mass is 9.84. The molecule has 0 radical (unpaired) electrons. The van der Waals surface area contributed by atoms with E-state index in [0.717, 1.165) is 29.8 Å². The molecule has 6 rings (SSSR count). The van der Waals surface area contributed by atoms with Crippen LogP contribution in [0, 0.1) is 18.6 Å². The fraction of sp³-hybridized carbons (Fsp3) is 0.407. The average molecular weight is 496 g/mol. The van der Waals surface area contributed by atoms with Crippen molar-refractivity contribution in [3.63, 3.8) is 0 Å². The number of nitrogens with one attached hydrogen (secondary N) is 1. The molecule has 0 amide bonds. The van der Waals surface area contributed by atoms with Crippen LogP contribution in [0.3, 0.4) is 0 Å². The Balaban J connectivity index is 1.70. The van der Waals surface area contributed by atoms with Crippen LogP contribution in [0.15, 0.2) is 30.5 Å². The van der Waals surface area contributed by atoms with E-state index in [9.17, 15) is 14.3 Å². The second-order valence-electron chi connectivity index (χ2n) is 10.1. The molecule has 2 aromatic carbocycles. The third-order valence-corrected chi connectivity index (χ3v) is 7.79. The minimum absolute atomic E-state index is 0.0547. The molecule has 9 heteroatoms. The first kappa shape index (κ1) is 23.1. The maximum absolute atomic E-state index is 16.3. The summed E-state index contributed by atoms with van der Waals surface area (Å²) in [6.07, 6.45) is 3.29. The van der Waals surface area contributed by atoms with E-state index in [-0.39, 0.29) is 30.7 Å². The van der Waals surface area contributed by atoms with Crippen LogP contribution in [0.1, 0.15) is 54.8 Å². The molecule has 0 saturated carbocycles. The van der Waals surface area contributed by atoms with Gasteiger partial charge in [-0.25, -0.2) is 13.6 Å². The van der Waals surface area contributed by atoms with E-state index < -0.39 is 17.4 Å². The minimum Gasteiger partial charge on any atom is -0.479 e. The number of nitrogens with zero attached hydrogens (tertiary/aromatic N) is 2. The van der Waals surface area contributed by atoms with Gasteiger partial charge in [-0.05, 0) is 68.5 Å². The summed E-state index contributed by atoms with van der Waals surface area (Å²) in [5.74, 6) is -2.05. The number of aromatic amines is 1. The first-order valence-electron chi connectivity index (χ1n) is 12.2. The average Bonchev–Trinajstić information content (AvgIpc) is 3.58. The molecule has 4 aromatic rings. The van der Waals surface area contributed by atoms with E-state index in [1.807, 2.05) is 10.6 Å². The normalized spacial score (nSPS) is 23.2.